The Kier molecular flexibility index (Phi) is 3.35. The molecule has 1 unspecified atom stereocenters. The topological polar surface area (TPSA) is 0 Å². The van der Waals surface area contributed by atoms with Crippen molar-refractivity contribution in [2.24, 2.45) is 5.92 Å². The van der Waals surface area contributed by atoms with Crippen molar-refractivity contribution in [3.05, 3.63) is 12.2 Å². The normalized spacial score (nSPS) is 13.6. The molecule has 0 aliphatic heterocycles. The molecular formula is C6H11Br. The first kappa shape index (κ1) is 7.22. The van der Waals surface area contributed by atoms with Gasteiger partial charge >= 0.3 is 0 Å². The predicted octanol–water partition coefficient (Wildman–Crippen LogP) is 2.59. The molecule has 1 heteroatoms. The Morgan fingerprint density at radius 2 is 2.29 bits per heavy atom. The summed E-state index contributed by atoms with van der Waals surface area (Å²) in [5, 5.41) is 1.03. The molecule has 0 radical (unpaired) electrons. The highest BCUT2D eigenvalue weighted by atomic mass is 79.9. The molecule has 0 fully saturated rings. The lowest BCUT2D eigenvalue weighted by Gasteiger charge is -2.02. The fourth-order valence-electron chi connectivity index (χ4n) is 0.132. The fourth-order valence-corrected chi connectivity index (χ4v) is 0.684. The molecule has 0 nitrogen and oxygen atoms in total. The van der Waals surface area contributed by atoms with Gasteiger partial charge in [0.15, 0.2) is 0 Å². The van der Waals surface area contributed by atoms with E-state index in [1.807, 2.05) is 6.92 Å². The summed E-state index contributed by atoms with van der Waals surface area (Å²) in [4.78, 5) is 0. The van der Waals surface area contributed by atoms with E-state index < -0.39 is 0 Å². The summed E-state index contributed by atoms with van der Waals surface area (Å²) in [6.07, 6.45) is 0. The van der Waals surface area contributed by atoms with Crippen LogP contribution in [0.4, 0.5) is 0 Å². The van der Waals surface area contributed by atoms with Gasteiger partial charge in [-0.2, -0.15) is 0 Å². The molecule has 0 saturated carbocycles. The van der Waals surface area contributed by atoms with Crippen LogP contribution in [0.15, 0.2) is 12.2 Å². The fraction of sp³-hybridized carbons (Fsp3) is 0.667. The van der Waals surface area contributed by atoms with Crippen molar-refractivity contribution in [3.8, 4) is 0 Å². The highest BCUT2D eigenvalue weighted by molar-refractivity contribution is 9.09. The number of hydrogen-bond acceptors (Lipinski definition) is 0. The van der Waals surface area contributed by atoms with E-state index in [0.29, 0.717) is 5.92 Å². The van der Waals surface area contributed by atoms with Crippen molar-refractivity contribution in [2.45, 2.75) is 13.8 Å². The highest BCUT2D eigenvalue weighted by Gasteiger charge is 1.95. The summed E-state index contributed by atoms with van der Waals surface area (Å²) >= 11 is 3.35. The monoisotopic (exact) mass is 162 g/mol. The first-order valence-corrected chi connectivity index (χ1v) is 3.52. The maximum absolute atomic E-state index is 3.80. The second-order valence-electron chi connectivity index (χ2n) is 1.90. The molecule has 0 rings (SSSR count). The second-order valence-corrected chi connectivity index (χ2v) is 2.55. The minimum atomic E-state index is 0.625. The van der Waals surface area contributed by atoms with Gasteiger partial charge in [0, 0.05) is 5.33 Å². The van der Waals surface area contributed by atoms with Gasteiger partial charge in [0.25, 0.3) is 0 Å². The van der Waals surface area contributed by atoms with Gasteiger partial charge in [0.2, 0.25) is 0 Å². The van der Waals surface area contributed by atoms with Crippen LogP contribution in [-0.2, 0) is 0 Å². The van der Waals surface area contributed by atoms with Gasteiger partial charge in [-0.15, -0.1) is 0 Å². The number of allylic oxidation sites excluding steroid dienone is 1. The number of alkyl halides is 1. The minimum Gasteiger partial charge on any atom is -0.0998 e. The third-order valence-electron chi connectivity index (χ3n) is 1.07. The van der Waals surface area contributed by atoms with E-state index in [1.54, 1.807) is 0 Å². The smallest absolute Gasteiger partial charge is 0.00941 e. The van der Waals surface area contributed by atoms with Crippen molar-refractivity contribution in [3.63, 3.8) is 0 Å². The zero-order valence-corrected chi connectivity index (χ0v) is 6.46. The van der Waals surface area contributed by atoms with Crippen molar-refractivity contribution >= 4 is 15.9 Å². The summed E-state index contributed by atoms with van der Waals surface area (Å²) in [5.74, 6) is 0.625. The van der Waals surface area contributed by atoms with Gasteiger partial charge in [-0.1, -0.05) is 35.0 Å². The quantitative estimate of drug-likeness (QED) is 0.433. The molecule has 42 valence electrons. The van der Waals surface area contributed by atoms with Crippen molar-refractivity contribution in [1.29, 1.82) is 0 Å². The first-order chi connectivity index (χ1) is 3.18. The van der Waals surface area contributed by atoms with E-state index in [-0.39, 0.29) is 0 Å². The van der Waals surface area contributed by atoms with E-state index in [9.17, 15) is 0 Å². The van der Waals surface area contributed by atoms with Crippen LogP contribution in [0.2, 0.25) is 0 Å². The van der Waals surface area contributed by atoms with E-state index >= 15 is 0 Å². The van der Waals surface area contributed by atoms with Gasteiger partial charge in [-0.3, -0.25) is 0 Å². The number of halogens is 1. The third-order valence-corrected chi connectivity index (χ3v) is 2.04. The van der Waals surface area contributed by atoms with Gasteiger partial charge < -0.3 is 0 Å². The summed E-state index contributed by atoms with van der Waals surface area (Å²) in [5.41, 5.74) is 1.25. The summed E-state index contributed by atoms with van der Waals surface area (Å²) in [7, 11) is 0. The number of rotatable bonds is 2. The van der Waals surface area contributed by atoms with E-state index in [1.165, 1.54) is 5.57 Å². The van der Waals surface area contributed by atoms with Crippen LogP contribution in [0.5, 0.6) is 0 Å². The van der Waals surface area contributed by atoms with E-state index in [0.717, 1.165) is 5.33 Å². The minimum absolute atomic E-state index is 0.625. The molecule has 1 atom stereocenters. The molecule has 0 saturated heterocycles. The third kappa shape index (κ3) is 2.86. The SMILES string of the molecule is C=C(C)C(C)CBr. The standard InChI is InChI=1S/C6H11Br/c1-5(2)6(3)4-7/h6H,1,4H2,2-3H3. The largest absolute Gasteiger partial charge is 0.0998 e. The summed E-state index contributed by atoms with van der Waals surface area (Å²) in [6, 6.07) is 0. The molecule has 0 aromatic rings. The molecule has 0 aliphatic rings. The van der Waals surface area contributed by atoms with E-state index in [4.69, 9.17) is 0 Å². The van der Waals surface area contributed by atoms with Crippen LogP contribution < -0.4 is 0 Å². The summed E-state index contributed by atoms with van der Waals surface area (Å²) in [6.45, 7) is 7.99. The van der Waals surface area contributed by atoms with Gasteiger partial charge in [0.05, 0.1) is 0 Å². The van der Waals surface area contributed by atoms with Crippen molar-refractivity contribution < 1.29 is 0 Å². The van der Waals surface area contributed by atoms with Crippen LogP contribution in [0.3, 0.4) is 0 Å². The van der Waals surface area contributed by atoms with Crippen molar-refractivity contribution in [2.75, 3.05) is 5.33 Å². The molecule has 0 aromatic carbocycles. The van der Waals surface area contributed by atoms with Gasteiger partial charge in [-0.05, 0) is 12.8 Å². The molecule has 0 amide bonds. The molecule has 0 spiro atoms. The van der Waals surface area contributed by atoms with Crippen LogP contribution >= 0.6 is 15.9 Å². The molecule has 0 heterocycles. The highest BCUT2D eigenvalue weighted by Crippen LogP contribution is 2.08. The molecule has 7 heavy (non-hydrogen) atoms. The Hall–Kier alpha value is 0.220. The zero-order chi connectivity index (χ0) is 5.86. The molecule has 0 N–H and O–H groups in total. The Morgan fingerprint density at radius 1 is 1.86 bits per heavy atom. The van der Waals surface area contributed by atoms with Crippen LogP contribution in [-0.4, -0.2) is 5.33 Å². The van der Waals surface area contributed by atoms with Crippen LogP contribution in [0.25, 0.3) is 0 Å². The molecular weight excluding hydrogens is 152 g/mol. The predicted molar refractivity (Wildman–Crippen MR) is 37.8 cm³/mol. The Labute approximate surface area is 53.7 Å². The molecule has 0 aromatic heterocycles. The molecule has 0 bridgehead atoms. The molecule has 0 aliphatic carbocycles. The van der Waals surface area contributed by atoms with Crippen LogP contribution in [0.1, 0.15) is 13.8 Å². The number of hydrogen-bond donors (Lipinski definition) is 0. The summed E-state index contributed by atoms with van der Waals surface area (Å²) < 4.78 is 0. The average molecular weight is 163 g/mol. The second kappa shape index (κ2) is 3.25. The lowest BCUT2D eigenvalue weighted by Crippen LogP contribution is -1.94. The average Bonchev–Trinajstić information content (AvgIpc) is 1.65. The zero-order valence-electron chi connectivity index (χ0n) is 4.87. The Bertz CT molecular complexity index is 66.6. The van der Waals surface area contributed by atoms with Gasteiger partial charge in [0.1, 0.15) is 0 Å². The lowest BCUT2D eigenvalue weighted by atomic mass is 10.1. The van der Waals surface area contributed by atoms with Crippen LogP contribution in [0, 0.1) is 5.92 Å². The van der Waals surface area contributed by atoms with Crippen molar-refractivity contribution in [1.82, 2.24) is 0 Å². The Balaban J connectivity index is 3.34. The maximum Gasteiger partial charge on any atom is 0.00941 e. The first-order valence-electron chi connectivity index (χ1n) is 2.40. The van der Waals surface area contributed by atoms with Gasteiger partial charge in [-0.25, -0.2) is 0 Å². The Morgan fingerprint density at radius 3 is 2.29 bits per heavy atom. The lowest BCUT2D eigenvalue weighted by molar-refractivity contribution is 0.793. The maximum atomic E-state index is 3.80. The van der Waals surface area contributed by atoms with E-state index in [2.05, 4.69) is 29.4 Å².